The number of nitrogens with zero attached hydrogens (tertiary/aromatic N) is 1. The molecule has 0 fully saturated rings. The molecule has 2 N–H and O–H groups in total. The van der Waals surface area contributed by atoms with E-state index in [9.17, 15) is 9.59 Å². The molecule has 0 aliphatic carbocycles. The second-order valence-electron chi connectivity index (χ2n) is 7.24. The topological polar surface area (TPSA) is 80.3 Å². The van der Waals surface area contributed by atoms with Gasteiger partial charge >= 0.3 is 6.09 Å². The number of thiophene rings is 1. The molecule has 0 saturated heterocycles. The predicted octanol–water partition coefficient (Wildman–Crippen LogP) is 3.90. The van der Waals surface area contributed by atoms with Crippen LogP contribution in [0.15, 0.2) is 22.2 Å². The second-order valence-corrected chi connectivity index (χ2v) is 8.88. The largest absolute Gasteiger partial charge is 0.444 e. The fraction of sp³-hybridized carbons (Fsp3) is 0.471. The van der Waals surface area contributed by atoms with Crippen LogP contribution in [0.5, 0.6) is 0 Å². The van der Waals surface area contributed by atoms with Gasteiger partial charge in [-0.3, -0.25) is 4.79 Å². The Kier molecular flexibility index (Phi) is 5.84. The fourth-order valence-electron chi connectivity index (χ4n) is 1.92. The number of hydrogen-bond donors (Lipinski definition) is 2. The summed E-state index contributed by atoms with van der Waals surface area (Å²) >= 11 is 3.02. The lowest BCUT2D eigenvalue weighted by Crippen LogP contribution is -2.52. The van der Waals surface area contributed by atoms with Crippen LogP contribution in [-0.2, 0) is 4.74 Å². The van der Waals surface area contributed by atoms with Crippen molar-refractivity contribution in [2.45, 2.75) is 45.8 Å². The molecule has 0 atom stereocenters. The summed E-state index contributed by atoms with van der Waals surface area (Å²) in [7, 11) is 0. The molecule has 2 aromatic heterocycles. The number of carbonyl (C=O) groups excluding carboxylic acids is 2. The Balaban J connectivity index is 1.91. The molecule has 0 unspecified atom stereocenters. The van der Waals surface area contributed by atoms with Crippen molar-refractivity contribution in [2.24, 2.45) is 0 Å². The van der Waals surface area contributed by atoms with E-state index in [4.69, 9.17) is 4.74 Å². The maximum atomic E-state index is 12.4. The minimum Gasteiger partial charge on any atom is -0.444 e. The van der Waals surface area contributed by atoms with Crippen LogP contribution >= 0.6 is 22.7 Å². The first-order chi connectivity index (χ1) is 11.6. The third-order valence-corrected chi connectivity index (χ3v) is 4.61. The van der Waals surface area contributed by atoms with E-state index < -0.39 is 17.2 Å². The maximum absolute atomic E-state index is 12.4. The Morgan fingerprint density at radius 1 is 1.20 bits per heavy atom. The summed E-state index contributed by atoms with van der Waals surface area (Å²) in [4.78, 5) is 28.5. The van der Waals surface area contributed by atoms with Crippen LogP contribution in [0.1, 0.15) is 45.1 Å². The summed E-state index contributed by atoms with van der Waals surface area (Å²) in [6.45, 7) is 9.30. The van der Waals surface area contributed by atoms with Crippen LogP contribution in [0.2, 0.25) is 0 Å². The van der Waals surface area contributed by atoms with Crippen LogP contribution < -0.4 is 10.6 Å². The predicted molar refractivity (Wildman–Crippen MR) is 101 cm³/mol. The lowest BCUT2D eigenvalue weighted by Gasteiger charge is -2.27. The monoisotopic (exact) mass is 381 g/mol. The Labute approximate surface area is 155 Å². The molecule has 0 radical (unpaired) electrons. The highest BCUT2D eigenvalue weighted by atomic mass is 32.1. The zero-order chi connectivity index (χ0) is 18.7. The molecule has 0 saturated carbocycles. The van der Waals surface area contributed by atoms with Gasteiger partial charge in [-0.25, -0.2) is 9.78 Å². The SMILES string of the molecule is CC(C)(CNC(=O)OC(C)(C)C)NC(=O)c1csc(-c2ccsc2)n1. The lowest BCUT2D eigenvalue weighted by atomic mass is 10.1. The van der Waals surface area contributed by atoms with Crippen molar-refractivity contribution in [1.82, 2.24) is 15.6 Å². The Hall–Kier alpha value is -1.93. The van der Waals surface area contributed by atoms with E-state index in [1.165, 1.54) is 11.3 Å². The highest BCUT2D eigenvalue weighted by molar-refractivity contribution is 7.14. The van der Waals surface area contributed by atoms with Gasteiger partial charge in [0.2, 0.25) is 0 Å². The number of nitrogens with one attached hydrogen (secondary N) is 2. The summed E-state index contributed by atoms with van der Waals surface area (Å²) in [5.74, 6) is -0.270. The standard InChI is InChI=1S/C17H23N3O3S2/c1-16(2,3)23-15(22)18-10-17(4,5)20-13(21)12-9-25-14(19-12)11-6-7-24-8-11/h6-9H,10H2,1-5H3,(H,18,22)(H,20,21). The number of ether oxygens (including phenoxy) is 1. The normalized spacial score (nSPS) is 11.9. The number of rotatable bonds is 5. The molecule has 0 aliphatic rings. The molecular weight excluding hydrogens is 358 g/mol. The number of carbonyl (C=O) groups is 2. The van der Waals surface area contributed by atoms with Gasteiger partial charge in [-0.15, -0.1) is 11.3 Å². The van der Waals surface area contributed by atoms with Gasteiger partial charge in [0.1, 0.15) is 16.3 Å². The molecule has 25 heavy (non-hydrogen) atoms. The average molecular weight is 382 g/mol. The molecule has 0 bridgehead atoms. The van der Waals surface area contributed by atoms with Gasteiger partial charge in [0.15, 0.2) is 0 Å². The molecule has 2 amide bonds. The van der Waals surface area contributed by atoms with E-state index in [1.807, 2.05) is 30.7 Å². The summed E-state index contributed by atoms with van der Waals surface area (Å²) in [6.07, 6.45) is -0.511. The van der Waals surface area contributed by atoms with Crippen LogP contribution in [0, 0.1) is 0 Å². The molecule has 2 aromatic rings. The number of aromatic nitrogens is 1. The molecule has 2 heterocycles. The third-order valence-electron chi connectivity index (χ3n) is 3.03. The zero-order valence-electron chi connectivity index (χ0n) is 15.0. The Bertz CT molecular complexity index is 731. The van der Waals surface area contributed by atoms with Crippen molar-refractivity contribution in [3.8, 4) is 10.6 Å². The highest BCUT2D eigenvalue weighted by Gasteiger charge is 2.25. The summed E-state index contributed by atoms with van der Waals surface area (Å²) < 4.78 is 5.19. The molecule has 0 spiro atoms. The van der Waals surface area contributed by atoms with E-state index in [2.05, 4.69) is 15.6 Å². The Morgan fingerprint density at radius 3 is 2.52 bits per heavy atom. The van der Waals surface area contributed by atoms with Crippen molar-refractivity contribution >= 4 is 34.7 Å². The smallest absolute Gasteiger partial charge is 0.407 e. The minimum atomic E-state index is -0.639. The van der Waals surface area contributed by atoms with Gasteiger partial charge in [0.05, 0.1) is 5.54 Å². The first-order valence-corrected chi connectivity index (χ1v) is 9.65. The van der Waals surface area contributed by atoms with Gasteiger partial charge in [-0.2, -0.15) is 11.3 Å². The second kappa shape index (κ2) is 7.53. The van der Waals surface area contributed by atoms with Crippen LogP contribution in [0.3, 0.4) is 0 Å². The maximum Gasteiger partial charge on any atom is 0.407 e. The zero-order valence-corrected chi connectivity index (χ0v) is 16.6. The van der Waals surface area contributed by atoms with Crippen molar-refractivity contribution in [2.75, 3.05) is 6.54 Å². The van der Waals surface area contributed by atoms with E-state index in [0.717, 1.165) is 10.6 Å². The summed E-state index contributed by atoms with van der Waals surface area (Å²) in [6, 6.07) is 1.97. The lowest BCUT2D eigenvalue weighted by molar-refractivity contribution is 0.0509. The quantitative estimate of drug-likeness (QED) is 0.823. The van der Waals surface area contributed by atoms with Crippen molar-refractivity contribution < 1.29 is 14.3 Å². The molecule has 6 nitrogen and oxygen atoms in total. The number of amides is 2. The van der Waals surface area contributed by atoms with Gasteiger partial charge in [0, 0.05) is 22.9 Å². The van der Waals surface area contributed by atoms with Crippen molar-refractivity contribution in [1.29, 1.82) is 0 Å². The first-order valence-electron chi connectivity index (χ1n) is 7.83. The molecule has 2 rings (SSSR count). The molecule has 136 valence electrons. The Morgan fingerprint density at radius 2 is 1.92 bits per heavy atom. The van der Waals surface area contributed by atoms with Gasteiger partial charge in [0.25, 0.3) is 5.91 Å². The van der Waals surface area contributed by atoms with Crippen molar-refractivity contribution in [3.05, 3.63) is 27.9 Å². The van der Waals surface area contributed by atoms with Gasteiger partial charge in [-0.1, -0.05) is 0 Å². The highest BCUT2D eigenvalue weighted by Crippen LogP contribution is 2.25. The number of hydrogen-bond acceptors (Lipinski definition) is 6. The van der Waals surface area contributed by atoms with Crippen LogP contribution in [0.4, 0.5) is 4.79 Å². The fourth-order valence-corrected chi connectivity index (χ4v) is 3.43. The summed E-state index contributed by atoms with van der Waals surface area (Å²) in [5.41, 5.74) is 0.187. The van der Waals surface area contributed by atoms with E-state index in [1.54, 1.807) is 37.5 Å². The van der Waals surface area contributed by atoms with E-state index in [-0.39, 0.29) is 12.5 Å². The van der Waals surface area contributed by atoms with Crippen LogP contribution in [0.25, 0.3) is 10.6 Å². The number of alkyl carbamates (subject to hydrolysis) is 1. The van der Waals surface area contributed by atoms with E-state index >= 15 is 0 Å². The van der Waals surface area contributed by atoms with Gasteiger partial charge in [-0.05, 0) is 46.1 Å². The van der Waals surface area contributed by atoms with Gasteiger partial charge < -0.3 is 15.4 Å². The minimum absolute atomic E-state index is 0.245. The molecule has 0 aromatic carbocycles. The first kappa shape index (κ1) is 19.4. The summed E-state index contributed by atoms with van der Waals surface area (Å²) in [5, 5.41) is 12.1. The van der Waals surface area contributed by atoms with Crippen LogP contribution in [-0.4, -0.2) is 34.7 Å². The average Bonchev–Trinajstić information content (AvgIpc) is 3.13. The third kappa shape index (κ3) is 6.13. The molecule has 0 aliphatic heterocycles. The molecular formula is C17H23N3O3S2. The molecule has 8 heteroatoms. The van der Waals surface area contributed by atoms with Crippen molar-refractivity contribution in [3.63, 3.8) is 0 Å². The van der Waals surface area contributed by atoms with E-state index in [0.29, 0.717) is 5.69 Å². The number of thiazole rings is 1.